The van der Waals surface area contributed by atoms with Crippen LogP contribution in [0.1, 0.15) is 33.3 Å². The number of carbonyl (C=O) groups is 2. The molecule has 0 atom stereocenters. The topological polar surface area (TPSA) is 52.6 Å². The molecule has 0 saturated carbocycles. The van der Waals surface area contributed by atoms with Gasteiger partial charge in [0.1, 0.15) is 11.4 Å². The zero-order valence-electron chi connectivity index (χ0n) is 11.8. The highest BCUT2D eigenvalue weighted by atomic mass is 19.1. The molecule has 110 valence electrons. The Morgan fingerprint density at radius 1 is 1.15 bits per heavy atom. The number of ether oxygens (including phenoxy) is 2. The third kappa shape index (κ3) is 4.95. The Bertz CT molecular complexity index is 533. The van der Waals surface area contributed by atoms with Crippen LogP contribution in [-0.4, -0.2) is 17.5 Å². The molecule has 0 aliphatic rings. The summed E-state index contributed by atoms with van der Waals surface area (Å²) in [4.78, 5) is 22.3. The van der Waals surface area contributed by atoms with E-state index in [0.29, 0.717) is 0 Å². The molecule has 0 amide bonds. The minimum Gasteiger partial charge on any atom is -0.460 e. The van der Waals surface area contributed by atoms with Crippen LogP contribution >= 0.6 is 0 Å². The minimum absolute atomic E-state index is 0.160. The molecule has 4 nitrogen and oxygen atoms in total. The normalized spacial score (nSPS) is 11.1. The first-order valence-corrected chi connectivity index (χ1v) is 5.96. The highest BCUT2D eigenvalue weighted by Gasteiger charge is 2.20. The van der Waals surface area contributed by atoms with Crippen molar-refractivity contribution in [1.82, 2.24) is 0 Å². The second-order valence-corrected chi connectivity index (χ2v) is 5.23. The summed E-state index contributed by atoms with van der Waals surface area (Å²) in [6.45, 7) is 6.09. The highest BCUT2D eigenvalue weighted by Crippen LogP contribution is 2.23. The molecular formula is C14H16F2O4. The van der Waals surface area contributed by atoms with Crippen LogP contribution in [0.15, 0.2) is 12.1 Å². The molecule has 0 radical (unpaired) electrons. The van der Waals surface area contributed by atoms with Gasteiger partial charge in [0.2, 0.25) is 0 Å². The summed E-state index contributed by atoms with van der Waals surface area (Å²) in [6.07, 6.45) is -0.402. The minimum atomic E-state index is -0.917. The van der Waals surface area contributed by atoms with Gasteiger partial charge < -0.3 is 9.47 Å². The van der Waals surface area contributed by atoms with E-state index in [-0.39, 0.29) is 5.56 Å². The molecule has 0 aromatic heterocycles. The van der Waals surface area contributed by atoms with Crippen molar-refractivity contribution in [3.63, 3.8) is 0 Å². The van der Waals surface area contributed by atoms with Gasteiger partial charge in [-0.3, -0.25) is 9.59 Å². The van der Waals surface area contributed by atoms with Crippen molar-refractivity contribution >= 4 is 11.9 Å². The predicted octanol–water partition coefficient (Wildman–Crippen LogP) is 2.77. The van der Waals surface area contributed by atoms with Crippen LogP contribution in [0.25, 0.3) is 0 Å². The van der Waals surface area contributed by atoms with Gasteiger partial charge in [0.05, 0.1) is 6.42 Å². The number of benzene rings is 1. The van der Waals surface area contributed by atoms with Crippen molar-refractivity contribution in [2.45, 2.75) is 39.7 Å². The molecule has 1 aromatic carbocycles. The van der Waals surface area contributed by atoms with Crippen molar-refractivity contribution in [1.29, 1.82) is 0 Å². The summed E-state index contributed by atoms with van der Waals surface area (Å²) < 4.78 is 36.8. The van der Waals surface area contributed by atoms with E-state index in [1.54, 1.807) is 20.8 Å². The maximum atomic E-state index is 13.7. The molecule has 6 heteroatoms. The summed E-state index contributed by atoms with van der Waals surface area (Å²) >= 11 is 0. The van der Waals surface area contributed by atoms with Crippen LogP contribution in [0.4, 0.5) is 8.78 Å². The number of rotatable bonds is 3. The molecule has 0 spiro atoms. The number of halogens is 2. The number of hydrogen-bond donors (Lipinski definition) is 0. The van der Waals surface area contributed by atoms with Crippen LogP contribution in [-0.2, 0) is 20.7 Å². The monoisotopic (exact) mass is 286 g/mol. The lowest BCUT2D eigenvalue weighted by atomic mass is 10.1. The van der Waals surface area contributed by atoms with E-state index in [2.05, 4.69) is 4.74 Å². The smallest absolute Gasteiger partial charge is 0.310 e. The third-order valence-electron chi connectivity index (χ3n) is 2.11. The highest BCUT2D eigenvalue weighted by molar-refractivity contribution is 5.73. The first kappa shape index (κ1) is 16.1. The quantitative estimate of drug-likeness (QED) is 0.633. The third-order valence-corrected chi connectivity index (χ3v) is 2.11. The fourth-order valence-corrected chi connectivity index (χ4v) is 1.47. The van der Waals surface area contributed by atoms with Crippen LogP contribution in [0.2, 0.25) is 0 Å². The molecule has 0 unspecified atom stereocenters. The maximum absolute atomic E-state index is 13.7. The van der Waals surface area contributed by atoms with E-state index in [9.17, 15) is 18.4 Å². The summed E-state index contributed by atoms with van der Waals surface area (Å²) in [7, 11) is 0. The van der Waals surface area contributed by atoms with Gasteiger partial charge in [-0.1, -0.05) is 0 Å². The molecule has 0 saturated heterocycles. The Morgan fingerprint density at radius 3 is 2.25 bits per heavy atom. The first-order valence-electron chi connectivity index (χ1n) is 5.96. The Balaban J connectivity index is 2.90. The summed E-state index contributed by atoms with van der Waals surface area (Å²) in [5, 5.41) is 0. The van der Waals surface area contributed by atoms with E-state index in [4.69, 9.17) is 4.74 Å². The molecule has 1 rings (SSSR count). The van der Waals surface area contributed by atoms with Gasteiger partial charge in [-0.15, -0.1) is 0 Å². The first-order chi connectivity index (χ1) is 9.08. The molecule has 0 fully saturated rings. The Morgan fingerprint density at radius 2 is 1.75 bits per heavy atom. The molecular weight excluding hydrogens is 270 g/mol. The number of esters is 2. The lowest BCUT2D eigenvalue weighted by Crippen LogP contribution is -2.25. The van der Waals surface area contributed by atoms with E-state index in [0.717, 1.165) is 19.1 Å². The molecule has 0 heterocycles. The number of hydrogen-bond acceptors (Lipinski definition) is 4. The fourth-order valence-electron chi connectivity index (χ4n) is 1.47. The van der Waals surface area contributed by atoms with Crippen LogP contribution in [0.3, 0.4) is 0 Å². The molecule has 1 aromatic rings. The zero-order valence-corrected chi connectivity index (χ0v) is 11.8. The Hall–Kier alpha value is -1.98. The average Bonchev–Trinajstić information content (AvgIpc) is 2.21. The van der Waals surface area contributed by atoms with Crippen molar-refractivity contribution in [2.24, 2.45) is 0 Å². The molecule has 0 aliphatic heterocycles. The van der Waals surface area contributed by atoms with Crippen LogP contribution < -0.4 is 4.74 Å². The molecule has 0 bridgehead atoms. The largest absolute Gasteiger partial charge is 0.460 e. The lowest BCUT2D eigenvalue weighted by Gasteiger charge is -2.19. The predicted molar refractivity (Wildman–Crippen MR) is 67.2 cm³/mol. The van der Waals surface area contributed by atoms with Gasteiger partial charge >= 0.3 is 11.9 Å². The van der Waals surface area contributed by atoms with Crippen molar-refractivity contribution in [3.8, 4) is 5.75 Å². The fraction of sp³-hybridized carbons (Fsp3) is 0.429. The lowest BCUT2D eigenvalue weighted by molar-refractivity contribution is -0.154. The van der Waals surface area contributed by atoms with Gasteiger partial charge in [-0.05, 0) is 26.8 Å². The zero-order chi connectivity index (χ0) is 15.5. The Kier molecular flexibility index (Phi) is 4.81. The summed E-state index contributed by atoms with van der Waals surface area (Å²) in [6, 6.07) is 1.55. The summed E-state index contributed by atoms with van der Waals surface area (Å²) in [5.74, 6) is -3.70. The van der Waals surface area contributed by atoms with Crippen LogP contribution in [0.5, 0.6) is 5.75 Å². The standard InChI is InChI=1S/C14H16F2O4/c1-8(17)19-12-7-10(15)9(5-11(12)16)6-13(18)20-14(2,3)4/h5,7H,6H2,1-4H3. The molecule has 0 N–H and O–H groups in total. The van der Waals surface area contributed by atoms with Gasteiger partial charge in [0, 0.05) is 18.6 Å². The number of carbonyl (C=O) groups excluding carboxylic acids is 2. The van der Waals surface area contributed by atoms with Crippen LogP contribution in [0, 0.1) is 11.6 Å². The van der Waals surface area contributed by atoms with E-state index < -0.39 is 41.3 Å². The summed E-state index contributed by atoms with van der Waals surface area (Å²) in [5.41, 5.74) is -0.864. The Labute approximate surface area is 115 Å². The van der Waals surface area contributed by atoms with Crippen molar-refractivity contribution < 1.29 is 27.8 Å². The van der Waals surface area contributed by atoms with Gasteiger partial charge in [-0.2, -0.15) is 0 Å². The molecule has 0 aliphatic carbocycles. The molecule has 20 heavy (non-hydrogen) atoms. The van der Waals surface area contributed by atoms with Crippen molar-refractivity contribution in [3.05, 3.63) is 29.3 Å². The van der Waals surface area contributed by atoms with E-state index in [1.807, 2.05) is 0 Å². The SMILES string of the molecule is CC(=O)Oc1cc(F)c(CC(=O)OC(C)(C)C)cc1F. The maximum Gasteiger partial charge on any atom is 0.310 e. The van der Waals surface area contributed by atoms with E-state index >= 15 is 0 Å². The second-order valence-electron chi connectivity index (χ2n) is 5.23. The van der Waals surface area contributed by atoms with Gasteiger partial charge in [0.15, 0.2) is 11.6 Å². The van der Waals surface area contributed by atoms with Crippen molar-refractivity contribution in [2.75, 3.05) is 0 Å². The average molecular weight is 286 g/mol. The van der Waals surface area contributed by atoms with E-state index in [1.165, 1.54) is 0 Å². The van der Waals surface area contributed by atoms with Gasteiger partial charge in [0.25, 0.3) is 0 Å². The van der Waals surface area contributed by atoms with Gasteiger partial charge in [-0.25, -0.2) is 8.78 Å². The second kappa shape index (κ2) is 5.98.